The molecule has 0 amide bonds. The van der Waals surface area contributed by atoms with Crippen molar-refractivity contribution >= 4 is 10.1 Å². The number of hydrogen-bond donors (Lipinski definition) is 5. The molecule has 1 atom stereocenters. The zero-order valence-corrected chi connectivity index (χ0v) is 11.8. The second kappa shape index (κ2) is 8.10. The van der Waals surface area contributed by atoms with Gasteiger partial charge in [0.2, 0.25) is 0 Å². The third-order valence-electron chi connectivity index (χ3n) is 3.27. The maximum Gasteiger partial charge on any atom is 0.281 e. The average Bonchev–Trinajstić information content (AvgIpc) is 2.33. The molecule has 0 radical (unpaired) electrons. The van der Waals surface area contributed by atoms with Crippen molar-refractivity contribution in [2.24, 2.45) is 0 Å². The minimum atomic E-state index is -4.41. The Morgan fingerprint density at radius 1 is 1.05 bits per heavy atom. The second-order valence-corrected chi connectivity index (χ2v) is 6.07. The molecule has 0 fully saturated rings. The van der Waals surface area contributed by atoms with Crippen molar-refractivity contribution < 1.29 is 33.4 Å². The summed E-state index contributed by atoms with van der Waals surface area (Å²) in [4.78, 5) is 1.19. The lowest BCUT2D eigenvalue weighted by Gasteiger charge is -2.44. The Morgan fingerprint density at radius 2 is 1.53 bits per heavy atom. The van der Waals surface area contributed by atoms with Gasteiger partial charge in [-0.3, -0.25) is 9.45 Å². The van der Waals surface area contributed by atoms with Crippen molar-refractivity contribution in [2.45, 2.75) is 30.7 Å². The summed E-state index contributed by atoms with van der Waals surface area (Å²) in [7, 11) is -4.41. The molecule has 0 saturated heterocycles. The first-order valence-corrected chi connectivity index (χ1v) is 7.46. The third kappa shape index (κ3) is 4.95. The van der Waals surface area contributed by atoms with E-state index >= 15 is 0 Å². The molecule has 9 heteroatoms. The Kier molecular flexibility index (Phi) is 7.98. The highest BCUT2D eigenvalue weighted by atomic mass is 32.2. The van der Waals surface area contributed by atoms with Gasteiger partial charge in [0.1, 0.15) is 5.37 Å². The zero-order chi connectivity index (χ0) is 15.1. The van der Waals surface area contributed by atoms with Crippen molar-refractivity contribution in [3.63, 3.8) is 0 Å². The largest absolute Gasteiger partial charge is 0.396 e. The molecule has 0 bridgehead atoms. The molecule has 0 spiro atoms. The SMILES string of the molecule is CC(N(CCO)C(CO)(CCO)CCO)S(=O)(=O)O. The number of aliphatic hydroxyl groups excluding tert-OH is 4. The summed E-state index contributed by atoms with van der Waals surface area (Å²) < 4.78 is 31.6. The molecule has 0 aromatic rings. The van der Waals surface area contributed by atoms with E-state index in [0.29, 0.717) is 0 Å². The van der Waals surface area contributed by atoms with Crippen molar-refractivity contribution in [3.8, 4) is 0 Å². The van der Waals surface area contributed by atoms with Gasteiger partial charge >= 0.3 is 0 Å². The third-order valence-corrected chi connectivity index (χ3v) is 4.39. The van der Waals surface area contributed by atoms with E-state index in [-0.39, 0.29) is 32.6 Å². The highest BCUT2D eigenvalue weighted by Crippen LogP contribution is 2.27. The van der Waals surface area contributed by atoms with Crippen LogP contribution in [0.2, 0.25) is 0 Å². The molecule has 0 aromatic heterocycles. The fourth-order valence-corrected chi connectivity index (χ4v) is 2.80. The minimum absolute atomic E-state index is 0.00389. The van der Waals surface area contributed by atoms with Crippen LogP contribution in [-0.2, 0) is 10.1 Å². The maximum atomic E-state index is 11.2. The number of β-amino-alcohol motifs (C(OH)–C–C–N with tert-alkyl or cyclic N) is 1. The van der Waals surface area contributed by atoms with Gasteiger partial charge in [0, 0.05) is 25.3 Å². The Morgan fingerprint density at radius 3 is 1.79 bits per heavy atom. The van der Waals surface area contributed by atoms with E-state index in [2.05, 4.69) is 0 Å². The Labute approximate surface area is 113 Å². The summed E-state index contributed by atoms with van der Waals surface area (Å²) >= 11 is 0. The summed E-state index contributed by atoms with van der Waals surface area (Å²) in [6.45, 7) is -0.487. The van der Waals surface area contributed by atoms with Crippen molar-refractivity contribution in [1.82, 2.24) is 4.90 Å². The summed E-state index contributed by atoms with van der Waals surface area (Å²) in [5, 5.41) is 35.3. The molecule has 0 heterocycles. The molecule has 0 aliphatic rings. The molecule has 8 nitrogen and oxygen atoms in total. The minimum Gasteiger partial charge on any atom is -0.396 e. The van der Waals surface area contributed by atoms with Crippen LogP contribution in [0.4, 0.5) is 0 Å². The highest BCUT2D eigenvalue weighted by molar-refractivity contribution is 7.86. The van der Waals surface area contributed by atoms with Crippen LogP contribution in [0.3, 0.4) is 0 Å². The van der Waals surface area contributed by atoms with E-state index in [0.717, 1.165) is 0 Å². The molecular weight excluding hydrogens is 278 g/mol. The van der Waals surface area contributed by atoms with Crippen LogP contribution in [0.15, 0.2) is 0 Å². The van der Waals surface area contributed by atoms with Crippen molar-refractivity contribution in [2.75, 3.05) is 33.0 Å². The monoisotopic (exact) mass is 301 g/mol. The lowest BCUT2D eigenvalue weighted by atomic mass is 9.90. The van der Waals surface area contributed by atoms with Gasteiger partial charge in [-0.05, 0) is 19.8 Å². The van der Waals surface area contributed by atoms with Gasteiger partial charge in [-0.15, -0.1) is 0 Å². The molecular formula is C10H23NO7S. The molecule has 5 N–H and O–H groups in total. The molecule has 0 aromatic carbocycles. The first-order chi connectivity index (χ1) is 8.79. The Balaban J connectivity index is 5.49. The molecule has 116 valence electrons. The standard InChI is InChI=1S/C10H23NO7S/c1-9(19(16,17)18)11(4-7-14)10(8-15,2-5-12)3-6-13/h9,12-15H,2-8H2,1H3,(H,16,17,18). The van der Waals surface area contributed by atoms with E-state index in [4.69, 9.17) is 19.9 Å². The van der Waals surface area contributed by atoms with E-state index < -0.39 is 34.2 Å². The van der Waals surface area contributed by atoms with Crippen LogP contribution in [0.1, 0.15) is 19.8 Å². The number of rotatable bonds is 10. The highest BCUT2D eigenvalue weighted by Gasteiger charge is 2.41. The maximum absolute atomic E-state index is 11.2. The number of hydrogen-bond acceptors (Lipinski definition) is 7. The predicted octanol–water partition coefficient (Wildman–Crippen LogP) is -1.99. The molecule has 0 saturated carbocycles. The average molecular weight is 301 g/mol. The molecule has 0 aliphatic carbocycles. The van der Waals surface area contributed by atoms with Crippen LogP contribution < -0.4 is 0 Å². The smallest absolute Gasteiger partial charge is 0.281 e. The summed E-state index contributed by atoms with van der Waals surface area (Å²) in [5.74, 6) is 0. The van der Waals surface area contributed by atoms with E-state index in [1.165, 1.54) is 11.8 Å². The molecule has 0 rings (SSSR count). The normalized spacial score (nSPS) is 14.9. The number of aliphatic hydroxyl groups is 4. The number of nitrogens with zero attached hydrogens (tertiary/aromatic N) is 1. The quantitative estimate of drug-likeness (QED) is 0.292. The fraction of sp³-hybridized carbons (Fsp3) is 1.00. The zero-order valence-electron chi connectivity index (χ0n) is 10.9. The summed E-state index contributed by atoms with van der Waals surface area (Å²) in [5.41, 5.74) is -1.22. The summed E-state index contributed by atoms with van der Waals surface area (Å²) in [6, 6.07) is 0. The van der Waals surface area contributed by atoms with E-state index in [9.17, 15) is 13.5 Å². The summed E-state index contributed by atoms with van der Waals surface area (Å²) in [6.07, 6.45) is 0.00778. The van der Waals surface area contributed by atoms with Gasteiger partial charge < -0.3 is 20.4 Å². The van der Waals surface area contributed by atoms with Crippen molar-refractivity contribution in [3.05, 3.63) is 0 Å². The molecule has 19 heavy (non-hydrogen) atoms. The second-order valence-electron chi connectivity index (χ2n) is 4.36. The first kappa shape index (κ1) is 18.7. The molecule has 0 aliphatic heterocycles. The Bertz CT molecular complexity index is 340. The van der Waals surface area contributed by atoms with E-state index in [1.807, 2.05) is 0 Å². The first-order valence-electron chi connectivity index (χ1n) is 5.95. The topological polar surface area (TPSA) is 139 Å². The van der Waals surface area contributed by atoms with Crippen molar-refractivity contribution in [1.29, 1.82) is 0 Å². The lowest BCUT2D eigenvalue weighted by Crippen LogP contribution is -2.59. The lowest BCUT2D eigenvalue weighted by molar-refractivity contribution is -0.0214. The van der Waals surface area contributed by atoms with Crippen LogP contribution in [-0.4, -0.2) is 82.2 Å². The Hall–Kier alpha value is -0.290. The van der Waals surface area contributed by atoms with Crippen LogP contribution in [0.25, 0.3) is 0 Å². The predicted molar refractivity (Wildman–Crippen MR) is 68.0 cm³/mol. The van der Waals surface area contributed by atoms with Gasteiger partial charge in [0.05, 0.1) is 13.2 Å². The van der Waals surface area contributed by atoms with Gasteiger partial charge in [-0.2, -0.15) is 8.42 Å². The molecule has 1 unspecified atom stereocenters. The van der Waals surface area contributed by atoms with Gasteiger partial charge in [0.25, 0.3) is 10.1 Å². The van der Waals surface area contributed by atoms with Gasteiger partial charge in [-0.1, -0.05) is 0 Å². The van der Waals surface area contributed by atoms with E-state index in [1.54, 1.807) is 0 Å². The van der Waals surface area contributed by atoms with Crippen LogP contribution in [0.5, 0.6) is 0 Å². The van der Waals surface area contributed by atoms with Gasteiger partial charge in [-0.25, -0.2) is 0 Å². The van der Waals surface area contributed by atoms with Crippen LogP contribution >= 0.6 is 0 Å². The fourth-order valence-electron chi connectivity index (χ4n) is 2.15. The van der Waals surface area contributed by atoms with Crippen LogP contribution in [0, 0.1) is 0 Å². The van der Waals surface area contributed by atoms with Gasteiger partial charge in [0.15, 0.2) is 0 Å².